The summed E-state index contributed by atoms with van der Waals surface area (Å²) in [5, 5.41) is 0. The summed E-state index contributed by atoms with van der Waals surface area (Å²) in [6, 6.07) is 12.3. The van der Waals surface area contributed by atoms with Crippen molar-refractivity contribution in [1.29, 1.82) is 0 Å². The quantitative estimate of drug-likeness (QED) is 0.598. The summed E-state index contributed by atoms with van der Waals surface area (Å²) < 4.78 is 26.3. The maximum absolute atomic E-state index is 13.3. The number of piperazine rings is 1. The summed E-state index contributed by atoms with van der Waals surface area (Å²) in [5.74, 6) is 0.229. The van der Waals surface area contributed by atoms with Crippen molar-refractivity contribution < 1.29 is 8.78 Å². The molecule has 32 heavy (non-hydrogen) atoms. The summed E-state index contributed by atoms with van der Waals surface area (Å²) in [5.41, 5.74) is 8.93. The Balaban J connectivity index is 1.38. The molecule has 1 aliphatic heterocycles. The van der Waals surface area contributed by atoms with Gasteiger partial charge in [0, 0.05) is 56.9 Å². The summed E-state index contributed by atoms with van der Waals surface area (Å²) in [7, 11) is 0. The standard InChI is InChI=1S/C24H24F2N6/c25-20-3-1-19(2-4-20)23-24(29-10-9-28-23)32-13-11-31(12-14-32)17-18(15-27)16-30-22-7-5-21(26)6-8-22/h1-10,15-16H,11-14,17,27H2. The van der Waals surface area contributed by atoms with Gasteiger partial charge in [0.2, 0.25) is 0 Å². The Bertz CT molecular complexity index is 1090. The maximum Gasteiger partial charge on any atom is 0.155 e. The number of rotatable bonds is 6. The van der Waals surface area contributed by atoms with Crippen molar-refractivity contribution in [2.45, 2.75) is 0 Å². The van der Waals surface area contributed by atoms with Gasteiger partial charge in [-0.25, -0.2) is 13.8 Å². The van der Waals surface area contributed by atoms with E-state index in [1.807, 2.05) is 0 Å². The average Bonchev–Trinajstić information content (AvgIpc) is 2.84. The third-order valence-electron chi connectivity index (χ3n) is 5.29. The van der Waals surface area contributed by atoms with Crippen LogP contribution in [0.3, 0.4) is 0 Å². The number of nitrogens with zero attached hydrogens (tertiary/aromatic N) is 5. The minimum Gasteiger partial charge on any atom is -0.404 e. The van der Waals surface area contributed by atoms with Crippen molar-refractivity contribution in [3.05, 3.63) is 84.3 Å². The zero-order valence-corrected chi connectivity index (χ0v) is 17.5. The molecule has 0 bridgehead atoms. The normalized spacial score (nSPS) is 15.4. The number of aliphatic imine (C=N–C) groups is 1. The molecule has 0 spiro atoms. The molecule has 0 amide bonds. The minimum absolute atomic E-state index is 0.278. The molecule has 3 aromatic rings. The third-order valence-corrected chi connectivity index (χ3v) is 5.29. The lowest BCUT2D eigenvalue weighted by Crippen LogP contribution is -2.47. The molecule has 6 nitrogen and oxygen atoms in total. The minimum atomic E-state index is -0.290. The molecular formula is C24H24F2N6. The Morgan fingerprint density at radius 1 is 0.906 bits per heavy atom. The monoisotopic (exact) mass is 434 g/mol. The molecule has 1 aliphatic rings. The topological polar surface area (TPSA) is 70.6 Å². The van der Waals surface area contributed by atoms with Crippen molar-refractivity contribution in [1.82, 2.24) is 14.9 Å². The zero-order valence-electron chi connectivity index (χ0n) is 17.5. The van der Waals surface area contributed by atoms with E-state index in [1.165, 1.54) is 24.3 Å². The van der Waals surface area contributed by atoms with Gasteiger partial charge in [0.15, 0.2) is 5.82 Å². The summed E-state index contributed by atoms with van der Waals surface area (Å²) in [6.45, 7) is 3.86. The number of benzene rings is 2. The van der Waals surface area contributed by atoms with Crippen LogP contribution in [0.5, 0.6) is 0 Å². The Morgan fingerprint density at radius 2 is 1.53 bits per heavy atom. The highest BCUT2D eigenvalue weighted by molar-refractivity contribution is 5.81. The molecule has 0 aliphatic carbocycles. The Hall–Kier alpha value is -3.65. The Kier molecular flexibility index (Phi) is 6.81. The van der Waals surface area contributed by atoms with Gasteiger partial charge in [-0.3, -0.25) is 14.9 Å². The fraction of sp³-hybridized carbons (Fsp3) is 0.208. The first kappa shape index (κ1) is 21.6. The Labute approximate surface area is 185 Å². The second-order valence-corrected chi connectivity index (χ2v) is 7.47. The van der Waals surface area contributed by atoms with Crippen LogP contribution in [-0.2, 0) is 0 Å². The molecule has 4 rings (SSSR count). The average molecular weight is 434 g/mol. The van der Waals surface area contributed by atoms with Gasteiger partial charge in [0.25, 0.3) is 0 Å². The molecule has 2 heterocycles. The van der Waals surface area contributed by atoms with Crippen molar-refractivity contribution in [3.8, 4) is 11.3 Å². The second kappa shape index (κ2) is 10.1. The van der Waals surface area contributed by atoms with Gasteiger partial charge < -0.3 is 10.6 Å². The molecule has 0 radical (unpaired) electrons. The first-order valence-corrected chi connectivity index (χ1v) is 10.4. The van der Waals surface area contributed by atoms with Crippen LogP contribution in [0.2, 0.25) is 0 Å². The van der Waals surface area contributed by atoms with Crippen LogP contribution >= 0.6 is 0 Å². The van der Waals surface area contributed by atoms with Gasteiger partial charge in [-0.2, -0.15) is 0 Å². The first-order chi connectivity index (χ1) is 15.6. The van der Waals surface area contributed by atoms with E-state index in [0.29, 0.717) is 12.2 Å². The van der Waals surface area contributed by atoms with Gasteiger partial charge in [0.05, 0.1) is 5.69 Å². The van der Waals surface area contributed by atoms with E-state index in [9.17, 15) is 8.78 Å². The van der Waals surface area contributed by atoms with E-state index in [2.05, 4.69) is 24.8 Å². The number of nitrogens with two attached hydrogens (primary N) is 1. The van der Waals surface area contributed by atoms with Crippen molar-refractivity contribution in [2.24, 2.45) is 10.7 Å². The lowest BCUT2D eigenvalue weighted by atomic mass is 10.1. The van der Waals surface area contributed by atoms with Crippen LogP contribution in [-0.4, -0.2) is 53.8 Å². The van der Waals surface area contributed by atoms with Gasteiger partial charge in [-0.15, -0.1) is 0 Å². The fourth-order valence-electron chi connectivity index (χ4n) is 3.57. The molecule has 2 aromatic carbocycles. The predicted molar refractivity (Wildman–Crippen MR) is 123 cm³/mol. The number of halogens is 2. The van der Waals surface area contributed by atoms with E-state index in [0.717, 1.165) is 48.8 Å². The molecular weight excluding hydrogens is 410 g/mol. The molecule has 1 saturated heterocycles. The lowest BCUT2D eigenvalue weighted by Gasteiger charge is -2.36. The van der Waals surface area contributed by atoms with E-state index in [4.69, 9.17) is 5.73 Å². The van der Waals surface area contributed by atoms with Crippen molar-refractivity contribution in [3.63, 3.8) is 0 Å². The fourth-order valence-corrected chi connectivity index (χ4v) is 3.57. The molecule has 1 fully saturated rings. The third kappa shape index (κ3) is 5.33. The molecule has 1 aromatic heterocycles. The van der Waals surface area contributed by atoms with Gasteiger partial charge in [-0.05, 0) is 60.3 Å². The van der Waals surface area contributed by atoms with E-state index >= 15 is 0 Å². The SMILES string of the molecule is NC=C(C=Nc1ccc(F)cc1)CN1CCN(c2nccnc2-c2ccc(F)cc2)CC1. The summed E-state index contributed by atoms with van der Waals surface area (Å²) >= 11 is 0. The number of hydrogen-bond acceptors (Lipinski definition) is 6. The zero-order chi connectivity index (χ0) is 22.3. The van der Waals surface area contributed by atoms with Crippen molar-refractivity contribution >= 4 is 17.7 Å². The molecule has 8 heteroatoms. The molecule has 0 atom stereocenters. The number of aromatic nitrogens is 2. The molecule has 0 saturated carbocycles. The van der Waals surface area contributed by atoms with E-state index in [-0.39, 0.29) is 11.6 Å². The predicted octanol–water partition coefficient (Wildman–Crippen LogP) is 3.79. The molecule has 0 unspecified atom stereocenters. The Morgan fingerprint density at radius 3 is 2.19 bits per heavy atom. The number of hydrogen-bond donors (Lipinski definition) is 1. The highest BCUT2D eigenvalue weighted by Crippen LogP contribution is 2.27. The largest absolute Gasteiger partial charge is 0.404 e. The molecule has 164 valence electrons. The smallest absolute Gasteiger partial charge is 0.155 e. The van der Waals surface area contributed by atoms with Crippen LogP contribution in [0.4, 0.5) is 20.3 Å². The van der Waals surface area contributed by atoms with Gasteiger partial charge in [-0.1, -0.05) is 0 Å². The lowest BCUT2D eigenvalue weighted by molar-refractivity contribution is 0.280. The van der Waals surface area contributed by atoms with Crippen LogP contribution in [0, 0.1) is 11.6 Å². The van der Waals surface area contributed by atoms with Gasteiger partial charge >= 0.3 is 0 Å². The second-order valence-electron chi connectivity index (χ2n) is 7.47. The maximum atomic E-state index is 13.3. The number of anilines is 1. The van der Waals surface area contributed by atoms with Crippen LogP contribution in [0.25, 0.3) is 11.3 Å². The highest BCUT2D eigenvalue weighted by atomic mass is 19.1. The van der Waals surface area contributed by atoms with Gasteiger partial charge in [0.1, 0.15) is 17.3 Å². The van der Waals surface area contributed by atoms with E-state index in [1.54, 1.807) is 49.1 Å². The first-order valence-electron chi connectivity index (χ1n) is 10.4. The van der Waals surface area contributed by atoms with Crippen LogP contribution in [0.1, 0.15) is 0 Å². The van der Waals surface area contributed by atoms with Crippen LogP contribution in [0.15, 0.2) is 77.7 Å². The van der Waals surface area contributed by atoms with E-state index < -0.39 is 0 Å². The summed E-state index contributed by atoms with van der Waals surface area (Å²) in [6.07, 6.45) is 6.59. The molecule has 2 N–H and O–H groups in total. The van der Waals surface area contributed by atoms with Crippen molar-refractivity contribution in [2.75, 3.05) is 37.6 Å². The van der Waals surface area contributed by atoms with Crippen LogP contribution < -0.4 is 10.6 Å². The highest BCUT2D eigenvalue weighted by Gasteiger charge is 2.21. The summed E-state index contributed by atoms with van der Waals surface area (Å²) in [4.78, 5) is 17.9.